The Morgan fingerprint density at radius 1 is 1.33 bits per heavy atom. The minimum absolute atomic E-state index is 0.0153. The maximum atomic E-state index is 5.61. The molecule has 4 heteroatoms. The van der Waals surface area contributed by atoms with Gasteiger partial charge in [0.05, 0.1) is 17.8 Å². The van der Waals surface area contributed by atoms with Gasteiger partial charge in [0, 0.05) is 17.2 Å². The summed E-state index contributed by atoms with van der Waals surface area (Å²) in [5.41, 5.74) is 9.18. The molecule has 0 fully saturated rings. The van der Waals surface area contributed by atoms with Crippen molar-refractivity contribution in [3.63, 3.8) is 0 Å². The molecule has 2 rings (SSSR count). The first-order valence-corrected chi connectivity index (χ1v) is 8.12. The second kappa shape index (κ2) is 6.58. The van der Waals surface area contributed by atoms with Crippen LogP contribution in [0.2, 0.25) is 0 Å². The lowest BCUT2D eigenvalue weighted by Gasteiger charge is -2.23. The average molecular weight is 304 g/mol. The molecule has 114 valence electrons. The quantitative estimate of drug-likeness (QED) is 0.889. The van der Waals surface area contributed by atoms with Gasteiger partial charge in [-0.2, -0.15) is 0 Å². The number of hydrogen-bond acceptors (Lipinski definition) is 4. The van der Waals surface area contributed by atoms with E-state index in [1.807, 2.05) is 6.07 Å². The maximum Gasteiger partial charge on any atom is 0.122 e. The normalized spacial score (nSPS) is 11.7. The molecule has 0 saturated carbocycles. The lowest BCUT2D eigenvalue weighted by atomic mass is 9.85. The van der Waals surface area contributed by atoms with Crippen LogP contribution in [0.4, 0.5) is 0 Å². The number of thiazole rings is 1. The number of nitrogens with two attached hydrogens (primary N) is 1. The van der Waals surface area contributed by atoms with Crippen LogP contribution in [-0.2, 0) is 18.3 Å². The molecule has 0 aliphatic rings. The highest BCUT2D eigenvalue weighted by Crippen LogP contribution is 2.33. The van der Waals surface area contributed by atoms with Gasteiger partial charge in [0.25, 0.3) is 0 Å². The number of aromatic nitrogens is 1. The zero-order chi connectivity index (χ0) is 15.5. The molecule has 2 N–H and O–H groups in total. The van der Waals surface area contributed by atoms with Crippen LogP contribution in [0, 0.1) is 6.92 Å². The monoisotopic (exact) mass is 304 g/mol. The molecule has 0 amide bonds. The molecule has 1 aromatic heterocycles. The molecule has 0 unspecified atom stereocenters. The van der Waals surface area contributed by atoms with Crippen LogP contribution in [0.3, 0.4) is 0 Å². The van der Waals surface area contributed by atoms with Gasteiger partial charge in [-0.25, -0.2) is 4.98 Å². The van der Waals surface area contributed by atoms with Crippen LogP contribution in [0.15, 0.2) is 23.6 Å². The lowest BCUT2D eigenvalue weighted by molar-refractivity contribution is 0.402. The first-order valence-electron chi connectivity index (χ1n) is 7.25. The zero-order valence-electron chi connectivity index (χ0n) is 13.3. The Kier molecular flexibility index (Phi) is 5.01. The number of aryl methyl sites for hydroxylation is 1. The van der Waals surface area contributed by atoms with Gasteiger partial charge < -0.3 is 10.5 Å². The summed E-state index contributed by atoms with van der Waals surface area (Å²) in [6.07, 6.45) is 1.76. The fourth-order valence-corrected chi connectivity index (χ4v) is 3.46. The van der Waals surface area contributed by atoms with Gasteiger partial charge in [0.1, 0.15) is 5.75 Å². The van der Waals surface area contributed by atoms with E-state index in [4.69, 9.17) is 15.5 Å². The number of ether oxygens (including phenoxy) is 1. The van der Waals surface area contributed by atoms with Crippen LogP contribution >= 0.6 is 11.3 Å². The van der Waals surface area contributed by atoms with Gasteiger partial charge >= 0.3 is 0 Å². The molecule has 0 atom stereocenters. The smallest absolute Gasteiger partial charge is 0.122 e. The van der Waals surface area contributed by atoms with Crippen LogP contribution in [0.1, 0.15) is 35.7 Å². The molecule has 1 heterocycles. The van der Waals surface area contributed by atoms with Crippen LogP contribution in [-0.4, -0.2) is 18.6 Å². The first-order chi connectivity index (χ1) is 9.96. The highest BCUT2D eigenvalue weighted by atomic mass is 32.1. The molecule has 0 spiro atoms. The lowest BCUT2D eigenvalue weighted by Crippen LogP contribution is -2.21. The molecule has 3 nitrogen and oxygen atoms in total. The van der Waals surface area contributed by atoms with E-state index in [9.17, 15) is 0 Å². The molecule has 21 heavy (non-hydrogen) atoms. The fraction of sp³-hybridized carbons (Fsp3) is 0.471. The highest BCUT2D eigenvalue weighted by molar-refractivity contribution is 7.09. The minimum atomic E-state index is -0.0153. The SMILES string of the molecule is COc1ccc(C)cc1CC(C)(C)c1nc(CCN)cs1. The van der Waals surface area contributed by atoms with E-state index >= 15 is 0 Å². The topological polar surface area (TPSA) is 48.1 Å². The van der Waals surface area contributed by atoms with E-state index in [0.29, 0.717) is 6.54 Å². The molecule has 0 aliphatic carbocycles. The Bertz CT molecular complexity index is 605. The first kappa shape index (κ1) is 16.0. The van der Waals surface area contributed by atoms with Crippen LogP contribution < -0.4 is 10.5 Å². The molecular formula is C17H24N2OS. The van der Waals surface area contributed by atoms with E-state index in [-0.39, 0.29) is 5.41 Å². The van der Waals surface area contributed by atoms with Crippen LogP contribution in [0.5, 0.6) is 5.75 Å². The van der Waals surface area contributed by atoms with Gasteiger partial charge in [-0.3, -0.25) is 0 Å². The van der Waals surface area contributed by atoms with Crippen molar-refractivity contribution in [2.24, 2.45) is 5.73 Å². The van der Waals surface area contributed by atoms with E-state index in [0.717, 1.165) is 29.3 Å². The predicted octanol–water partition coefficient (Wildman–Crippen LogP) is 3.48. The number of hydrogen-bond donors (Lipinski definition) is 1. The van der Waals surface area contributed by atoms with Crippen molar-refractivity contribution in [3.8, 4) is 5.75 Å². The third-order valence-electron chi connectivity index (χ3n) is 3.60. The summed E-state index contributed by atoms with van der Waals surface area (Å²) in [6, 6.07) is 6.33. The van der Waals surface area contributed by atoms with E-state index in [1.165, 1.54) is 11.1 Å². The van der Waals surface area contributed by atoms with Gasteiger partial charge in [0.15, 0.2) is 0 Å². The minimum Gasteiger partial charge on any atom is -0.496 e. The summed E-state index contributed by atoms with van der Waals surface area (Å²) in [7, 11) is 1.73. The van der Waals surface area contributed by atoms with E-state index in [2.05, 4.69) is 38.3 Å². The largest absolute Gasteiger partial charge is 0.496 e. The molecule has 1 aromatic carbocycles. The van der Waals surface area contributed by atoms with Gasteiger partial charge in [-0.05, 0) is 31.5 Å². The summed E-state index contributed by atoms with van der Waals surface area (Å²) in [5, 5.41) is 3.28. The van der Waals surface area contributed by atoms with Gasteiger partial charge in [0.2, 0.25) is 0 Å². The molecule has 0 aliphatic heterocycles. The third kappa shape index (κ3) is 3.83. The summed E-state index contributed by atoms with van der Waals surface area (Å²) >= 11 is 1.73. The van der Waals surface area contributed by atoms with Crippen molar-refractivity contribution in [1.82, 2.24) is 4.98 Å². The van der Waals surface area contributed by atoms with Crippen molar-refractivity contribution in [3.05, 3.63) is 45.4 Å². The summed E-state index contributed by atoms with van der Waals surface area (Å²) in [6.45, 7) is 7.23. The Balaban J connectivity index is 2.25. The molecule has 0 radical (unpaired) electrons. The van der Waals surface area contributed by atoms with Crippen molar-refractivity contribution >= 4 is 11.3 Å². The number of methoxy groups -OCH3 is 1. The molecule has 0 bridgehead atoms. The number of benzene rings is 1. The summed E-state index contributed by atoms with van der Waals surface area (Å²) < 4.78 is 5.49. The summed E-state index contributed by atoms with van der Waals surface area (Å²) in [4.78, 5) is 4.74. The van der Waals surface area contributed by atoms with E-state index < -0.39 is 0 Å². The number of nitrogens with zero attached hydrogens (tertiary/aromatic N) is 1. The van der Waals surface area contributed by atoms with Gasteiger partial charge in [-0.1, -0.05) is 31.5 Å². The fourth-order valence-electron chi connectivity index (χ4n) is 2.48. The molecule has 0 saturated heterocycles. The Morgan fingerprint density at radius 3 is 2.76 bits per heavy atom. The Morgan fingerprint density at radius 2 is 2.10 bits per heavy atom. The van der Waals surface area contributed by atoms with Crippen molar-refractivity contribution in [1.29, 1.82) is 0 Å². The van der Waals surface area contributed by atoms with Crippen molar-refractivity contribution in [2.45, 2.75) is 39.0 Å². The van der Waals surface area contributed by atoms with Crippen LogP contribution in [0.25, 0.3) is 0 Å². The second-order valence-electron chi connectivity index (χ2n) is 6.06. The van der Waals surface area contributed by atoms with Crippen molar-refractivity contribution < 1.29 is 4.74 Å². The highest BCUT2D eigenvalue weighted by Gasteiger charge is 2.26. The van der Waals surface area contributed by atoms with E-state index in [1.54, 1.807) is 18.4 Å². The predicted molar refractivity (Wildman–Crippen MR) is 89.3 cm³/mol. The van der Waals surface area contributed by atoms with Gasteiger partial charge in [-0.15, -0.1) is 11.3 Å². The molecular weight excluding hydrogens is 280 g/mol. The summed E-state index contributed by atoms with van der Waals surface area (Å²) in [5.74, 6) is 0.951. The number of rotatable bonds is 6. The standard InChI is InChI=1S/C17H24N2OS/c1-12-5-6-15(20-4)13(9-12)10-17(2,3)16-19-14(7-8-18)11-21-16/h5-6,9,11H,7-8,10,18H2,1-4H3. The Hall–Kier alpha value is -1.39. The molecule has 2 aromatic rings. The third-order valence-corrected chi connectivity index (χ3v) is 4.86. The average Bonchev–Trinajstić information content (AvgIpc) is 2.88. The maximum absolute atomic E-state index is 5.61. The zero-order valence-corrected chi connectivity index (χ0v) is 14.1. The van der Waals surface area contributed by atoms with Crippen molar-refractivity contribution in [2.75, 3.05) is 13.7 Å². The Labute approximate surface area is 131 Å². The second-order valence-corrected chi connectivity index (χ2v) is 6.92.